The van der Waals surface area contributed by atoms with Gasteiger partial charge in [-0.2, -0.15) is 0 Å². The van der Waals surface area contributed by atoms with E-state index in [0.717, 1.165) is 18.7 Å². The van der Waals surface area contributed by atoms with Crippen LogP contribution in [0.5, 0.6) is 5.88 Å². The van der Waals surface area contributed by atoms with Crippen molar-refractivity contribution in [3.8, 4) is 5.88 Å². The Balaban J connectivity index is 1.96. The summed E-state index contributed by atoms with van der Waals surface area (Å²) in [7, 11) is 1.84. The van der Waals surface area contributed by atoms with Crippen LogP contribution in [-0.4, -0.2) is 23.1 Å². The number of hydrogen-bond acceptors (Lipinski definition) is 4. The fourth-order valence-electron chi connectivity index (χ4n) is 1.89. The van der Waals surface area contributed by atoms with Gasteiger partial charge in [0.25, 0.3) is 0 Å². The lowest BCUT2D eigenvalue weighted by Gasteiger charge is -2.22. The maximum absolute atomic E-state index is 5.81. The van der Waals surface area contributed by atoms with Gasteiger partial charge in [-0.1, -0.05) is 6.42 Å². The van der Waals surface area contributed by atoms with Crippen LogP contribution in [0, 0.1) is 0 Å². The van der Waals surface area contributed by atoms with Crippen LogP contribution < -0.4 is 10.1 Å². The average molecular weight is 207 g/mol. The molecule has 0 spiro atoms. The maximum atomic E-state index is 5.81. The molecular formula is C11H17N3O. The van der Waals surface area contributed by atoms with Crippen LogP contribution >= 0.6 is 0 Å². The Morgan fingerprint density at radius 3 is 2.80 bits per heavy atom. The molecule has 1 aliphatic carbocycles. The highest BCUT2D eigenvalue weighted by molar-refractivity contribution is 5.36. The first-order chi connectivity index (χ1) is 7.38. The highest BCUT2D eigenvalue weighted by atomic mass is 16.5. The summed E-state index contributed by atoms with van der Waals surface area (Å²) in [6.45, 7) is 0. The van der Waals surface area contributed by atoms with Gasteiger partial charge in [0.2, 0.25) is 5.88 Å². The third kappa shape index (κ3) is 2.81. The van der Waals surface area contributed by atoms with E-state index in [1.165, 1.54) is 25.6 Å². The van der Waals surface area contributed by atoms with Gasteiger partial charge in [0, 0.05) is 13.1 Å². The molecule has 0 radical (unpaired) electrons. The fraction of sp³-hybridized carbons (Fsp3) is 0.636. The SMILES string of the molecule is CNc1cc(OC2CCCCC2)ncn1. The number of rotatable bonds is 3. The Morgan fingerprint density at radius 1 is 1.27 bits per heavy atom. The molecule has 1 aromatic rings. The first-order valence-corrected chi connectivity index (χ1v) is 5.55. The molecule has 15 heavy (non-hydrogen) atoms. The summed E-state index contributed by atoms with van der Waals surface area (Å²) >= 11 is 0. The topological polar surface area (TPSA) is 47.0 Å². The molecule has 1 saturated carbocycles. The summed E-state index contributed by atoms with van der Waals surface area (Å²) in [4.78, 5) is 8.16. The quantitative estimate of drug-likeness (QED) is 0.825. The van der Waals surface area contributed by atoms with Crippen LogP contribution in [0.4, 0.5) is 5.82 Å². The van der Waals surface area contributed by atoms with E-state index in [4.69, 9.17) is 4.74 Å². The second kappa shape index (κ2) is 4.96. The van der Waals surface area contributed by atoms with Gasteiger partial charge in [0.1, 0.15) is 18.2 Å². The normalized spacial score (nSPS) is 17.4. The van der Waals surface area contributed by atoms with E-state index in [0.29, 0.717) is 12.0 Å². The monoisotopic (exact) mass is 207 g/mol. The van der Waals surface area contributed by atoms with Crippen molar-refractivity contribution in [2.24, 2.45) is 0 Å². The molecule has 1 aromatic heterocycles. The molecule has 0 amide bonds. The van der Waals surface area contributed by atoms with E-state index < -0.39 is 0 Å². The first kappa shape index (κ1) is 10.2. The summed E-state index contributed by atoms with van der Waals surface area (Å²) in [5, 5.41) is 2.97. The summed E-state index contributed by atoms with van der Waals surface area (Å²) in [6, 6.07) is 1.84. The van der Waals surface area contributed by atoms with Gasteiger partial charge in [0.05, 0.1) is 0 Å². The lowest BCUT2D eigenvalue weighted by molar-refractivity contribution is 0.148. The second-order valence-electron chi connectivity index (χ2n) is 3.87. The highest BCUT2D eigenvalue weighted by Gasteiger charge is 2.15. The first-order valence-electron chi connectivity index (χ1n) is 5.55. The van der Waals surface area contributed by atoms with Gasteiger partial charge < -0.3 is 10.1 Å². The standard InChI is InChI=1S/C11H17N3O/c1-12-10-7-11(14-8-13-10)15-9-5-3-2-4-6-9/h7-9H,2-6H2,1H3,(H,12,13,14). The summed E-state index contributed by atoms with van der Waals surface area (Å²) < 4.78 is 5.81. The van der Waals surface area contributed by atoms with Gasteiger partial charge in [-0.05, 0) is 25.7 Å². The minimum Gasteiger partial charge on any atom is -0.474 e. The van der Waals surface area contributed by atoms with Crippen molar-refractivity contribution in [1.29, 1.82) is 0 Å². The Labute approximate surface area is 90.1 Å². The van der Waals surface area contributed by atoms with Gasteiger partial charge in [-0.3, -0.25) is 0 Å². The molecule has 0 aliphatic heterocycles. The van der Waals surface area contributed by atoms with Crippen LogP contribution in [0.25, 0.3) is 0 Å². The van der Waals surface area contributed by atoms with Crippen LogP contribution in [-0.2, 0) is 0 Å². The molecule has 1 N–H and O–H groups in total. The minimum absolute atomic E-state index is 0.346. The molecule has 2 rings (SSSR count). The average Bonchev–Trinajstić information content (AvgIpc) is 2.31. The van der Waals surface area contributed by atoms with Crippen molar-refractivity contribution in [3.63, 3.8) is 0 Å². The van der Waals surface area contributed by atoms with Crippen LogP contribution in [0.15, 0.2) is 12.4 Å². The second-order valence-corrected chi connectivity index (χ2v) is 3.87. The number of ether oxygens (including phenoxy) is 1. The Morgan fingerprint density at radius 2 is 2.07 bits per heavy atom. The van der Waals surface area contributed by atoms with Crippen molar-refractivity contribution in [3.05, 3.63) is 12.4 Å². The van der Waals surface area contributed by atoms with Gasteiger partial charge >= 0.3 is 0 Å². The van der Waals surface area contributed by atoms with Crippen molar-refractivity contribution >= 4 is 5.82 Å². The van der Waals surface area contributed by atoms with Crippen LogP contribution in [0.2, 0.25) is 0 Å². The summed E-state index contributed by atoms with van der Waals surface area (Å²) in [6.07, 6.45) is 8.06. The zero-order chi connectivity index (χ0) is 10.5. The smallest absolute Gasteiger partial charge is 0.218 e. The summed E-state index contributed by atoms with van der Waals surface area (Å²) in [5.41, 5.74) is 0. The molecular weight excluding hydrogens is 190 g/mol. The van der Waals surface area contributed by atoms with Crippen molar-refractivity contribution in [2.45, 2.75) is 38.2 Å². The van der Waals surface area contributed by atoms with E-state index in [-0.39, 0.29) is 0 Å². The van der Waals surface area contributed by atoms with E-state index in [9.17, 15) is 0 Å². The fourth-order valence-corrected chi connectivity index (χ4v) is 1.89. The van der Waals surface area contributed by atoms with Crippen molar-refractivity contribution < 1.29 is 4.74 Å². The summed E-state index contributed by atoms with van der Waals surface area (Å²) in [5.74, 6) is 1.48. The predicted molar refractivity (Wildman–Crippen MR) is 59.1 cm³/mol. The molecule has 82 valence electrons. The number of nitrogens with one attached hydrogen (secondary N) is 1. The zero-order valence-corrected chi connectivity index (χ0v) is 9.07. The number of hydrogen-bond donors (Lipinski definition) is 1. The van der Waals surface area contributed by atoms with E-state index in [2.05, 4.69) is 15.3 Å². The number of anilines is 1. The minimum atomic E-state index is 0.346. The lowest BCUT2D eigenvalue weighted by Crippen LogP contribution is -2.20. The maximum Gasteiger partial charge on any atom is 0.218 e. The third-order valence-electron chi connectivity index (χ3n) is 2.74. The highest BCUT2D eigenvalue weighted by Crippen LogP contribution is 2.22. The molecule has 4 nitrogen and oxygen atoms in total. The van der Waals surface area contributed by atoms with Gasteiger partial charge in [-0.15, -0.1) is 0 Å². The van der Waals surface area contributed by atoms with Crippen LogP contribution in [0.1, 0.15) is 32.1 Å². The van der Waals surface area contributed by atoms with Crippen molar-refractivity contribution in [1.82, 2.24) is 9.97 Å². The van der Waals surface area contributed by atoms with Gasteiger partial charge in [0.15, 0.2) is 0 Å². The molecule has 0 aromatic carbocycles. The third-order valence-corrected chi connectivity index (χ3v) is 2.74. The molecule has 0 saturated heterocycles. The molecule has 0 unspecified atom stereocenters. The Kier molecular flexibility index (Phi) is 3.37. The van der Waals surface area contributed by atoms with E-state index in [1.807, 2.05) is 13.1 Å². The van der Waals surface area contributed by atoms with Crippen LogP contribution in [0.3, 0.4) is 0 Å². The van der Waals surface area contributed by atoms with E-state index >= 15 is 0 Å². The zero-order valence-electron chi connectivity index (χ0n) is 9.07. The predicted octanol–water partition coefficient (Wildman–Crippen LogP) is 2.23. The molecule has 1 aliphatic rings. The van der Waals surface area contributed by atoms with E-state index in [1.54, 1.807) is 0 Å². The number of aromatic nitrogens is 2. The van der Waals surface area contributed by atoms with Gasteiger partial charge in [-0.25, -0.2) is 9.97 Å². The largest absolute Gasteiger partial charge is 0.474 e. The van der Waals surface area contributed by atoms with Crippen molar-refractivity contribution in [2.75, 3.05) is 12.4 Å². The molecule has 4 heteroatoms. The Hall–Kier alpha value is -1.32. The molecule has 0 atom stereocenters. The molecule has 1 heterocycles. The Bertz CT molecular complexity index is 310. The number of nitrogens with zero attached hydrogens (tertiary/aromatic N) is 2. The molecule has 0 bridgehead atoms. The molecule has 1 fully saturated rings. The lowest BCUT2D eigenvalue weighted by atomic mass is 9.98.